The second kappa shape index (κ2) is 3.94. The van der Waals surface area contributed by atoms with Gasteiger partial charge >= 0.3 is 5.97 Å². The van der Waals surface area contributed by atoms with E-state index in [1.165, 1.54) is 6.07 Å². The zero-order chi connectivity index (χ0) is 10.8. The van der Waals surface area contributed by atoms with Crippen molar-refractivity contribution in [2.24, 2.45) is 0 Å². The predicted octanol–water partition coefficient (Wildman–Crippen LogP) is 1.20. The Balaban J connectivity index is 2.17. The summed E-state index contributed by atoms with van der Waals surface area (Å²) >= 11 is 0. The number of carbonyl (C=O) groups is 1. The van der Waals surface area contributed by atoms with Crippen LogP contribution in [0.2, 0.25) is 0 Å². The quantitative estimate of drug-likeness (QED) is 0.796. The fraction of sp³-hybridized carbons (Fsp3) is 0.500. The van der Waals surface area contributed by atoms with E-state index in [2.05, 4.69) is 0 Å². The lowest BCUT2D eigenvalue weighted by Crippen LogP contribution is -2.43. The van der Waals surface area contributed by atoms with Crippen molar-refractivity contribution in [1.29, 1.82) is 0 Å². The van der Waals surface area contributed by atoms with Gasteiger partial charge in [0, 0.05) is 12.6 Å². The SMILES string of the molecule is CC1COCCN1c1ccc(C(=O)O)o1. The Hall–Kier alpha value is -1.49. The summed E-state index contributed by atoms with van der Waals surface area (Å²) in [7, 11) is 0. The monoisotopic (exact) mass is 211 g/mol. The van der Waals surface area contributed by atoms with Crippen molar-refractivity contribution < 1.29 is 19.1 Å². The first-order chi connectivity index (χ1) is 7.18. The average molecular weight is 211 g/mol. The van der Waals surface area contributed by atoms with Gasteiger partial charge < -0.3 is 19.2 Å². The molecule has 2 rings (SSSR count). The van der Waals surface area contributed by atoms with Gasteiger partial charge in [-0.25, -0.2) is 4.79 Å². The van der Waals surface area contributed by atoms with Crippen LogP contribution < -0.4 is 4.90 Å². The van der Waals surface area contributed by atoms with E-state index in [9.17, 15) is 4.79 Å². The molecule has 1 atom stereocenters. The first-order valence-corrected chi connectivity index (χ1v) is 4.86. The molecule has 1 aliphatic heterocycles. The summed E-state index contributed by atoms with van der Waals surface area (Å²) in [6.45, 7) is 4.03. The molecule has 0 radical (unpaired) electrons. The third-order valence-electron chi connectivity index (χ3n) is 2.45. The first kappa shape index (κ1) is 10.0. The van der Waals surface area contributed by atoms with E-state index in [4.69, 9.17) is 14.3 Å². The molecule has 0 saturated carbocycles. The number of anilines is 1. The number of carboxylic acids is 1. The molecule has 1 aromatic heterocycles. The zero-order valence-corrected chi connectivity index (χ0v) is 8.47. The summed E-state index contributed by atoms with van der Waals surface area (Å²) in [5, 5.41) is 8.73. The molecule has 1 saturated heterocycles. The molecule has 82 valence electrons. The summed E-state index contributed by atoms with van der Waals surface area (Å²) in [4.78, 5) is 12.7. The van der Waals surface area contributed by atoms with Gasteiger partial charge in [0.2, 0.25) is 5.76 Å². The third kappa shape index (κ3) is 1.97. The van der Waals surface area contributed by atoms with Crippen LogP contribution in [0.25, 0.3) is 0 Å². The van der Waals surface area contributed by atoms with Crippen LogP contribution in [0.3, 0.4) is 0 Å². The Labute approximate surface area is 87.2 Å². The molecule has 0 aromatic carbocycles. The molecule has 0 amide bonds. The summed E-state index contributed by atoms with van der Waals surface area (Å²) in [5.74, 6) is -0.464. The van der Waals surface area contributed by atoms with Gasteiger partial charge in [0.05, 0.1) is 19.3 Å². The van der Waals surface area contributed by atoms with Gasteiger partial charge in [0.15, 0.2) is 5.88 Å². The van der Waals surface area contributed by atoms with Crippen molar-refractivity contribution in [3.63, 3.8) is 0 Å². The maximum atomic E-state index is 10.6. The number of nitrogens with zero attached hydrogens (tertiary/aromatic N) is 1. The van der Waals surface area contributed by atoms with Gasteiger partial charge in [-0.15, -0.1) is 0 Å². The highest BCUT2D eigenvalue weighted by molar-refractivity contribution is 5.84. The fourth-order valence-electron chi connectivity index (χ4n) is 1.65. The number of hydrogen-bond acceptors (Lipinski definition) is 4. The summed E-state index contributed by atoms with van der Waals surface area (Å²) < 4.78 is 10.5. The lowest BCUT2D eigenvalue weighted by atomic mass is 10.2. The van der Waals surface area contributed by atoms with Gasteiger partial charge in [-0.05, 0) is 13.0 Å². The second-order valence-electron chi connectivity index (χ2n) is 3.56. The zero-order valence-electron chi connectivity index (χ0n) is 8.47. The standard InChI is InChI=1S/C10H13NO4/c1-7-6-14-5-4-11(7)9-3-2-8(15-9)10(12)13/h2-3,7H,4-6H2,1H3,(H,12,13). The van der Waals surface area contributed by atoms with E-state index in [0.29, 0.717) is 19.1 Å². The Morgan fingerprint density at radius 1 is 1.60 bits per heavy atom. The molecule has 2 heterocycles. The van der Waals surface area contributed by atoms with Gasteiger partial charge in [0.1, 0.15) is 0 Å². The fourth-order valence-corrected chi connectivity index (χ4v) is 1.65. The number of morpholine rings is 1. The molecule has 0 aliphatic carbocycles. The van der Waals surface area contributed by atoms with E-state index in [-0.39, 0.29) is 11.8 Å². The van der Waals surface area contributed by atoms with Gasteiger partial charge in [-0.3, -0.25) is 0 Å². The number of hydrogen-bond donors (Lipinski definition) is 1. The van der Waals surface area contributed by atoms with Crippen LogP contribution in [0.1, 0.15) is 17.5 Å². The van der Waals surface area contributed by atoms with Crippen molar-refractivity contribution in [3.8, 4) is 0 Å². The van der Waals surface area contributed by atoms with Crippen molar-refractivity contribution >= 4 is 11.9 Å². The molecule has 1 aliphatic rings. The van der Waals surface area contributed by atoms with E-state index in [0.717, 1.165) is 6.54 Å². The van der Waals surface area contributed by atoms with Crippen molar-refractivity contribution in [1.82, 2.24) is 0 Å². The van der Waals surface area contributed by atoms with E-state index in [1.54, 1.807) is 6.07 Å². The van der Waals surface area contributed by atoms with E-state index < -0.39 is 5.97 Å². The molecular weight excluding hydrogens is 198 g/mol. The van der Waals surface area contributed by atoms with Gasteiger partial charge in [-0.1, -0.05) is 0 Å². The molecule has 1 N–H and O–H groups in total. The highest BCUT2D eigenvalue weighted by Crippen LogP contribution is 2.22. The number of carboxylic acid groups (broad SMARTS) is 1. The Morgan fingerprint density at radius 3 is 3.00 bits per heavy atom. The van der Waals surface area contributed by atoms with Gasteiger partial charge in [0.25, 0.3) is 0 Å². The first-order valence-electron chi connectivity index (χ1n) is 4.86. The van der Waals surface area contributed by atoms with Crippen LogP contribution in [-0.2, 0) is 4.74 Å². The number of aromatic carboxylic acids is 1. The van der Waals surface area contributed by atoms with E-state index in [1.807, 2.05) is 11.8 Å². The van der Waals surface area contributed by atoms with Crippen molar-refractivity contribution in [3.05, 3.63) is 17.9 Å². The minimum Gasteiger partial charge on any atom is -0.475 e. The molecule has 1 fully saturated rings. The van der Waals surface area contributed by atoms with Gasteiger partial charge in [-0.2, -0.15) is 0 Å². The number of furan rings is 1. The van der Waals surface area contributed by atoms with Crippen LogP contribution in [-0.4, -0.2) is 36.9 Å². The Bertz CT molecular complexity index is 360. The molecule has 15 heavy (non-hydrogen) atoms. The van der Waals surface area contributed by atoms with Crippen LogP contribution in [0, 0.1) is 0 Å². The largest absolute Gasteiger partial charge is 0.475 e. The average Bonchev–Trinajstić information content (AvgIpc) is 2.67. The molecule has 5 nitrogen and oxygen atoms in total. The Kier molecular flexibility index (Phi) is 2.64. The molecule has 1 unspecified atom stereocenters. The van der Waals surface area contributed by atoms with E-state index >= 15 is 0 Å². The molecule has 1 aromatic rings. The van der Waals surface area contributed by atoms with Crippen LogP contribution >= 0.6 is 0 Å². The minimum absolute atomic E-state index is 0.0244. The topological polar surface area (TPSA) is 62.9 Å². The van der Waals surface area contributed by atoms with Crippen LogP contribution in [0.4, 0.5) is 5.88 Å². The Morgan fingerprint density at radius 2 is 2.40 bits per heavy atom. The normalized spacial score (nSPS) is 21.7. The third-order valence-corrected chi connectivity index (χ3v) is 2.45. The molecule has 0 spiro atoms. The smallest absolute Gasteiger partial charge is 0.371 e. The summed E-state index contributed by atoms with van der Waals surface area (Å²) in [5.41, 5.74) is 0. The predicted molar refractivity (Wildman–Crippen MR) is 53.3 cm³/mol. The highest BCUT2D eigenvalue weighted by atomic mass is 16.5. The van der Waals surface area contributed by atoms with Crippen molar-refractivity contribution in [2.75, 3.05) is 24.7 Å². The highest BCUT2D eigenvalue weighted by Gasteiger charge is 2.22. The molecular formula is C10H13NO4. The molecule has 5 heteroatoms. The van der Waals surface area contributed by atoms with Crippen molar-refractivity contribution in [2.45, 2.75) is 13.0 Å². The minimum atomic E-state index is -1.04. The molecule has 0 bridgehead atoms. The van der Waals surface area contributed by atoms with Crippen LogP contribution in [0.15, 0.2) is 16.5 Å². The lowest BCUT2D eigenvalue weighted by molar-refractivity contribution is 0.0660. The summed E-state index contributed by atoms with van der Waals surface area (Å²) in [6, 6.07) is 3.37. The van der Waals surface area contributed by atoms with Crippen LogP contribution in [0.5, 0.6) is 0 Å². The number of ether oxygens (including phenoxy) is 1. The number of rotatable bonds is 2. The maximum absolute atomic E-state index is 10.6. The second-order valence-corrected chi connectivity index (χ2v) is 3.56. The summed E-state index contributed by atoms with van der Waals surface area (Å²) in [6.07, 6.45) is 0. The lowest BCUT2D eigenvalue weighted by Gasteiger charge is -2.32. The maximum Gasteiger partial charge on any atom is 0.371 e.